The number of nitrogens with zero attached hydrogens (tertiary/aromatic N) is 4. The van der Waals surface area contributed by atoms with Gasteiger partial charge in [-0.2, -0.15) is 5.10 Å². The lowest BCUT2D eigenvalue weighted by Gasteiger charge is -2.15. The zero-order chi connectivity index (χ0) is 15.2. The maximum Gasteiger partial charge on any atom is 0.216 e. The molecule has 2 unspecified atom stereocenters. The lowest BCUT2D eigenvalue weighted by Crippen LogP contribution is -2.20. The minimum atomic E-state index is 0.0854. The smallest absolute Gasteiger partial charge is 0.216 e. The van der Waals surface area contributed by atoms with Crippen molar-refractivity contribution in [3.05, 3.63) is 36.0 Å². The molecule has 2 heterocycles. The molecule has 0 bridgehead atoms. The molecule has 0 spiro atoms. The van der Waals surface area contributed by atoms with Crippen LogP contribution >= 0.6 is 0 Å². The molecule has 0 saturated heterocycles. The van der Waals surface area contributed by atoms with Crippen LogP contribution in [-0.2, 0) is 6.42 Å². The first kappa shape index (κ1) is 15.4. The molecule has 6 heteroatoms. The molecule has 0 aliphatic heterocycles. The third-order valence-corrected chi connectivity index (χ3v) is 3.70. The SMILES string of the molecule is CCC(C)n1ccc(CC(NC)c2cc(OC)ncn2)n1. The van der Waals surface area contributed by atoms with Crippen molar-refractivity contribution in [2.45, 2.75) is 38.8 Å². The van der Waals surface area contributed by atoms with Gasteiger partial charge in [0.05, 0.1) is 24.5 Å². The van der Waals surface area contributed by atoms with Gasteiger partial charge in [-0.15, -0.1) is 0 Å². The van der Waals surface area contributed by atoms with Crippen LogP contribution in [0.25, 0.3) is 0 Å². The number of nitrogens with one attached hydrogen (secondary N) is 1. The molecular formula is C15H23N5O. The van der Waals surface area contributed by atoms with Crippen LogP contribution in [0.15, 0.2) is 24.7 Å². The predicted octanol–water partition coefficient (Wildman–Crippen LogP) is 2.16. The maximum atomic E-state index is 5.15. The number of hydrogen-bond donors (Lipinski definition) is 1. The molecule has 0 amide bonds. The van der Waals surface area contributed by atoms with Crippen molar-refractivity contribution in [3.63, 3.8) is 0 Å². The van der Waals surface area contributed by atoms with E-state index in [1.165, 1.54) is 6.33 Å². The van der Waals surface area contributed by atoms with Gasteiger partial charge in [0, 0.05) is 24.7 Å². The van der Waals surface area contributed by atoms with Crippen LogP contribution in [0.2, 0.25) is 0 Å². The molecule has 2 rings (SSSR count). The van der Waals surface area contributed by atoms with Gasteiger partial charge >= 0.3 is 0 Å². The number of ether oxygens (including phenoxy) is 1. The van der Waals surface area contributed by atoms with Crippen molar-refractivity contribution in [3.8, 4) is 5.88 Å². The minimum absolute atomic E-state index is 0.0854. The van der Waals surface area contributed by atoms with Gasteiger partial charge in [-0.05, 0) is 26.5 Å². The first-order valence-electron chi connectivity index (χ1n) is 7.25. The van der Waals surface area contributed by atoms with Crippen LogP contribution in [0.4, 0.5) is 0 Å². The standard InChI is InChI=1S/C15H23N5O/c1-5-11(2)20-7-6-12(19-20)8-13(16-3)14-9-15(21-4)18-10-17-14/h6-7,9-11,13,16H,5,8H2,1-4H3. The number of aromatic nitrogens is 4. The van der Waals surface area contributed by atoms with Crippen LogP contribution < -0.4 is 10.1 Å². The number of rotatable bonds is 7. The molecule has 0 aliphatic carbocycles. The summed E-state index contributed by atoms with van der Waals surface area (Å²) in [4.78, 5) is 8.36. The molecule has 0 aliphatic rings. The minimum Gasteiger partial charge on any atom is -0.481 e. The van der Waals surface area contributed by atoms with Gasteiger partial charge in [-0.25, -0.2) is 9.97 Å². The summed E-state index contributed by atoms with van der Waals surface area (Å²) in [6, 6.07) is 4.43. The van der Waals surface area contributed by atoms with Gasteiger partial charge in [-0.3, -0.25) is 4.68 Å². The van der Waals surface area contributed by atoms with Crippen LogP contribution in [0.1, 0.15) is 43.7 Å². The highest BCUT2D eigenvalue weighted by Crippen LogP contribution is 2.19. The van der Waals surface area contributed by atoms with E-state index in [0.29, 0.717) is 11.9 Å². The lowest BCUT2D eigenvalue weighted by molar-refractivity contribution is 0.394. The van der Waals surface area contributed by atoms with Crippen molar-refractivity contribution in [2.24, 2.45) is 0 Å². The van der Waals surface area contributed by atoms with Crippen LogP contribution in [0.5, 0.6) is 5.88 Å². The van der Waals surface area contributed by atoms with E-state index in [9.17, 15) is 0 Å². The molecule has 114 valence electrons. The Morgan fingerprint density at radius 1 is 1.38 bits per heavy atom. The van der Waals surface area contributed by atoms with Crippen LogP contribution in [0.3, 0.4) is 0 Å². The van der Waals surface area contributed by atoms with Crippen molar-refractivity contribution in [1.82, 2.24) is 25.1 Å². The fraction of sp³-hybridized carbons (Fsp3) is 0.533. The van der Waals surface area contributed by atoms with Gasteiger partial charge in [-0.1, -0.05) is 6.92 Å². The second kappa shape index (κ2) is 7.17. The van der Waals surface area contributed by atoms with Gasteiger partial charge < -0.3 is 10.1 Å². The van der Waals surface area contributed by atoms with Crippen LogP contribution in [-0.4, -0.2) is 33.9 Å². The summed E-state index contributed by atoms with van der Waals surface area (Å²) in [6.07, 6.45) is 5.41. The van der Waals surface area contributed by atoms with Gasteiger partial charge in [0.25, 0.3) is 0 Å². The summed E-state index contributed by atoms with van der Waals surface area (Å²) in [5, 5.41) is 7.91. The predicted molar refractivity (Wildman–Crippen MR) is 81.3 cm³/mol. The zero-order valence-corrected chi connectivity index (χ0v) is 13.1. The second-order valence-electron chi connectivity index (χ2n) is 5.07. The molecular weight excluding hydrogens is 266 g/mol. The van der Waals surface area contributed by atoms with E-state index in [-0.39, 0.29) is 6.04 Å². The molecule has 21 heavy (non-hydrogen) atoms. The summed E-state index contributed by atoms with van der Waals surface area (Å²) < 4.78 is 7.17. The zero-order valence-electron chi connectivity index (χ0n) is 13.1. The van der Waals surface area contributed by atoms with Crippen molar-refractivity contribution in [2.75, 3.05) is 14.2 Å². The van der Waals surface area contributed by atoms with E-state index in [1.807, 2.05) is 24.0 Å². The Labute approximate surface area is 125 Å². The third kappa shape index (κ3) is 3.78. The number of hydrogen-bond acceptors (Lipinski definition) is 5. The van der Waals surface area contributed by atoms with Gasteiger partial charge in [0.2, 0.25) is 5.88 Å². The van der Waals surface area contributed by atoms with E-state index in [0.717, 1.165) is 24.2 Å². The molecule has 1 N–H and O–H groups in total. The Morgan fingerprint density at radius 3 is 2.86 bits per heavy atom. The number of likely N-dealkylation sites (N-methyl/N-ethyl adjacent to an activating group) is 1. The summed E-state index contributed by atoms with van der Waals surface area (Å²) in [5.74, 6) is 0.574. The summed E-state index contributed by atoms with van der Waals surface area (Å²) in [6.45, 7) is 4.33. The largest absolute Gasteiger partial charge is 0.481 e. The summed E-state index contributed by atoms with van der Waals surface area (Å²) in [5.41, 5.74) is 1.95. The summed E-state index contributed by atoms with van der Waals surface area (Å²) >= 11 is 0. The van der Waals surface area contributed by atoms with Crippen molar-refractivity contribution < 1.29 is 4.74 Å². The Kier molecular flexibility index (Phi) is 5.27. The Morgan fingerprint density at radius 2 is 2.19 bits per heavy atom. The Bertz CT molecular complexity index is 569. The molecule has 0 aromatic carbocycles. The topological polar surface area (TPSA) is 64.9 Å². The average Bonchev–Trinajstić information content (AvgIpc) is 3.00. The molecule has 2 aromatic heterocycles. The monoisotopic (exact) mass is 289 g/mol. The second-order valence-corrected chi connectivity index (χ2v) is 5.07. The normalized spacial score (nSPS) is 13.9. The van der Waals surface area contributed by atoms with E-state index < -0.39 is 0 Å². The quantitative estimate of drug-likeness (QED) is 0.846. The highest BCUT2D eigenvalue weighted by Gasteiger charge is 2.15. The fourth-order valence-corrected chi connectivity index (χ4v) is 2.14. The molecule has 2 atom stereocenters. The third-order valence-electron chi connectivity index (χ3n) is 3.70. The molecule has 6 nitrogen and oxygen atoms in total. The number of methoxy groups -OCH3 is 1. The van der Waals surface area contributed by atoms with E-state index in [2.05, 4.69) is 40.3 Å². The van der Waals surface area contributed by atoms with E-state index in [1.54, 1.807) is 7.11 Å². The van der Waals surface area contributed by atoms with Crippen molar-refractivity contribution >= 4 is 0 Å². The summed E-state index contributed by atoms with van der Waals surface area (Å²) in [7, 11) is 3.53. The highest BCUT2D eigenvalue weighted by atomic mass is 16.5. The fourth-order valence-electron chi connectivity index (χ4n) is 2.14. The first-order valence-corrected chi connectivity index (χ1v) is 7.25. The molecule has 0 saturated carbocycles. The maximum absolute atomic E-state index is 5.15. The van der Waals surface area contributed by atoms with Gasteiger partial charge in [0.1, 0.15) is 6.33 Å². The van der Waals surface area contributed by atoms with E-state index >= 15 is 0 Å². The Balaban J connectivity index is 2.13. The van der Waals surface area contributed by atoms with Crippen molar-refractivity contribution in [1.29, 1.82) is 0 Å². The molecule has 2 aromatic rings. The Hall–Kier alpha value is -1.95. The lowest BCUT2D eigenvalue weighted by atomic mass is 10.1. The highest BCUT2D eigenvalue weighted by molar-refractivity contribution is 5.18. The van der Waals surface area contributed by atoms with Gasteiger partial charge in [0.15, 0.2) is 0 Å². The molecule has 0 radical (unpaired) electrons. The van der Waals surface area contributed by atoms with Crippen LogP contribution in [0, 0.1) is 0 Å². The first-order chi connectivity index (χ1) is 10.2. The molecule has 0 fully saturated rings. The average molecular weight is 289 g/mol. The van der Waals surface area contributed by atoms with E-state index in [4.69, 9.17) is 4.74 Å².